The average Bonchev–Trinajstić information content (AvgIpc) is 3.05. The first-order valence-corrected chi connectivity index (χ1v) is 9.35. The molecule has 0 spiro atoms. The van der Waals surface area contributed by atoms with Crippen molar-refractivity contribution >= 4 is 11.9 Å². The van der Waals surface area contributed by atoms with E-state index in [4.69, 9.17) is 0 Å². The average molecular weight is 411 g/mol. The van der Waals surface area contributed by atoms with Crippen LogP contribution in [0, 0.1) is 19.7 Å². The molecular weight excluding hydrogens is 389 g/mol. The molecule has 1 heterocycles. The number of carboxylic acid groups (broad SMARTS) is 1. The fraction of sp³-hybridized carbons (Fsp3) is 0.227. The highest BCUT2D eigenvalue weighted by atomic mass is 19.1. The zero-order valence-corrected chi connectivity index (χ0v) is 16.5. The number of hydrogen-bond acceptors (Lipinski definition) is 4. The van der Waals surface area contributed by atoms with Gasteiger partial charge >= 0.3 is 5.97 Å². The quantitative estimate of drug-likeness (QED) is 0.554. The zero-order chi connectivity index (χ0) is 21.8. The van der Waals surface area contributed by atoms with E-state index in [0.717, 1.165) is 11.6 Å². The van der Waals surface area contributed by atoms with Gasteiger partial charge in [0.05, 0.1) is 11.7 Å². The van der Waals surface area contributed by atoms with Crippen LogP contribution in [0.2, 0.25) is 0 Å². The summed E-state index contributed by atoms with van der Waals surface area (Å²) in [4.78, 5) is 24.1. The minimum Gasteiger partial charge on any atom is -0.479 e. The standard InChI is InChI=1S/C22H22FN3O4/c1-13-10-14(2)26(25-13)19-12-16(8-9-17(19)23)21(28)24-18(20(27)22(29)30)11-15-6-4-3-5-7-15/h3-10,12,18,20,27H,11H2,1-2H3,(H,24,28)(H,29,30)/t18-,20-/m1/s1. The third-order valence-electron chi connectivity index (χ3n) is 4.70. The molecule has 0 saturated carbocycles. The summed E-state index contributed by atoms with van der Waals surface area (Å²) in [6.07, 6.45) is -1.68. The first kappa shape index (κ1) is 21.2. The Bertz CT molecular complexity index is 1070. The minimum atomic E-state index is -1.80. The van der Waals surface area contributed by atoms with Crippen LogP contribution in [-0.4, -0.2) is 44.0 Å². The molecule has 1 aromatic heterocycles. The molecule has 156 valence electrons. The van der Waals surface area contributed by atoms with Crippen LogP contribution in [0.4, 0.5) is 4.39 Å². The van der Waals surface area contributed by atoms with Gasteiger partial charge in [0.25, 0.3) is 5.91 Å². The Hall–Kier alpha value is -3.52. The van der Waals surface area contributed by atoms with Crippen molar-refractivity contribution in [2.24, 2.45) is 0 Å². The zero-order valence-electron chi connectivity index (χ0n) is 16.5. The number of carbonyl (C=O) groups excluding carboxylic acids is 1. The van der Waals surface area contributed by atoms with Crippen molar-refractivity contribution in [1.29, 1.82) is 0 Å². The number of hydrogen-bond donors (Lipinski definition) is 3. The lowest BCUT2D eigenvalue weighted by molar-refractivity contribution is -0.148. The van der Waals surface area contributed by atoms with Gasteiger partial charge in [-0.3, -0.25) is 4.79 Å². The van der Waals surface area contributed by atoms with Gasteiger partial charge in [-0.25, -0.2) is 13.9 Å². The monoisotopic (exact) mass is 411 g/mol. The van der Waals surface area contributed by atoms with Gasteiger partial charge in [-0.1, -0.05) is 30.3 Å². The molecule has 0 unspecified atom stereocenters. The number of rotatable bonds is 7. The van der Waals surface area contributed by atoms with E-state index in [1.165, 1.54) is 16.8 Å². The molecule has 0 aliphatic rings. The molecule has 2 aromatic carbocycles. The number of aliphatic hydroxyl groups excluding tert-OH is 1. The van der Waals surface area contributed by atoms with E-state index in [-0.39, 0.29) is 17.7 Å². The highest BCUT2D eigenvalue weighted by molar-refractivity contribution is 5.95. The third kappa shape index (κ3) is 4.72. The van der Waals surface area contributed by atoms with Crippen molar-refractivity contribution < 1.29 is 24.2 Å². The number of benzene rings is 2. The smallest absolute Gasteiger partial charge is 0.334 e. The second kappa shape index (κ2) is 8.87. The lowest BCUT2D eigenvalue weighted by atomic mass is 10.0. The summed E-state index contributed by atoms with van der Waals surface area (Å²) in [5.74, 6) is -2.62. The normalized spacial score (nSPS) is 12.9. The molecule has 7 nitrogen and oxygen atoms in total. The molecule has 0 fully saturated rings. The van der Waals surface area contributed by atoms with E-state index in [1.54, 1.807) is 44.2 Å². The van der Waals surface area contributed by atoms with Gasteiger partial charge in [0, 0.05) is 11.3 Å². The van der Waals surface area contributed by atoms with Crippen LogP contribution in [0.3, 0.4) is 0 Å². The maximum atomic E-state index is 14.4. The Morgan fingerprint density at radius 3 is 2.43 bits per heavy atom. The van der Waals surface area contributed by atoms with Crippen LogP contribution in [0.5, 0.6) is 0 Å². The van der Waals surface area contributed by atoms with E-state index in [2.05, 4.69) is 10.4 Å². The molecule has 0 saturated heterocycles. The maximum absolute atomic E-state index is 14.4. The summed E-state index contributed by atoms with van der Waals surface area (Å²) < 4.78 is 15.8. The summed E-state index contributed by atoms with van der Waals surface area (Å²) >= 11 is 0. The highest BCUT2D eigenvalue weighted by Crippen LogP contribution is 2.18. The van der Waals surface area contributed by atoms with Gasteiger partial charge in [-0.05, 0) is 50.1 Å². The summed E-state index contributed by atoms with van der Waals surface area (Å²) in [7, 11) is 0. The van der Waals surface area contributed by atoms with Crippen LogP contribution >= 0.6 is 0 Å². The first-order chi connectivity index (χ1) is 14.3. The number of carboxylic acids is 1. The number of aliphatic carboxylic acids is 1. The van der Waals surface area contributed by atoms with E-state index in [0.29, 0.717) is 11.4 Å². The molecule has 0 aliphatic heterocycles. The molecule has 0 aliphatic carbocycles. The minimum absolute atomic E-state index is 0.103. The molecule has 2 atom stereocenters. The lowest BCUT2D eigenvalue weighted by Gasteiger charge is -2.22. The van der Waals surface area contributed by atoms with Crippen LogP contribution in [0.15, 0.2) is 54.6 Å². The second-order valence-electron chi connectivity index (χ2n) is 7.06. The number of amides is 1. The van der Waals surface area contributed by atoms with Crippen molar-refractivity contribution in [3.8, 4) is 5.69 Å². The number of aryl methyl sites for hydroxylation is 2. The van der Waals surface area contributed by atoms with E-state index in [1.807, 2.05) is 6.07 Å². The van der Waals surface area contributed by atoms with Gasteiger partial charge in [0.15, 0.2) is 6.10 Å². The number of aromatic nitrogens is 2. The number of aliphatic hydroxyl groups is 1. The van der Waals surface area contributed by atoms with Crippen molar-refractivity contribution in [2.75, 3.05) is 0 Å². The Morgan fingerprint density at radius 2 is 1.83 bits per heavy atom. The lowest BCUT2D eigenvalue weighted by Crippen LogP contribution is -2.48. The van der Waals surface area contributed by atoms with Crippen molar-refractivity contribution in [2.45, 2.75) is 32.4 Å². The molecule has 1 amide bonds. The third-order valence-corrected chi connectivity index (χ3v) is 4.70. The molecule has 3 aromatic rings. The largest absolute Gasteiger partial charge is 0.479 e. The van der Waals surface area contributed by atoms with Crippen LogP contribution < -0.4 is 5.32 Å². The van der Waals surface area contributed by atoms with Crippen molar-refractivity contribution in [3.63, 3.8) is 0 Å². The van der Waals surface area contributed by atoms with Gasteiger partial charge in [0.2, 0.25) is 0 Å². The fourth-order valence-corrected chi connectivity index (χ4v) is 3.22. The molecule has 0 radical (unpaired) electrons. The number of nitrogens with one attached hydrogen (secondary N) is 1. The summed E-state index contributed by atoms with van der Waals surface area (Å²) in [5.41, 5.74) is 2.38. The fourth-order valence-electron chi connectivity index (χ4n) is 3.22. The van der Waals surface area contributed by atoms with Crippen molar-refractivity contribution in [3.05, 3.63) is 82.9 Å². The topological polar surface area (TPSA) is 104 Å². The highest BCUT2D eigenvalue weighted by Gasteiger charge is 2.28. The van der Waals surface area contributed by atoms with E-state index >= 15 is 0 Å². The van der Waals surface area contributed by atoms with E-state index in [9.17, 15) is 24.2 Å². The van der Waals surface area contributed by atoms with Crippen LogP contribution in [0.25, 0.3) is 5.69 Å². The van der Waals surface area contributed by atoms with Gasteiger partial charge in [-0.15, -0.1) is 0 Å². The molecular formula is C22H22FN3O4. The van der Waals surface area contributed by atoms with Gasteiger partial charge in [0.1, 0.15) is 11.5 Å². The molecule has 3 N–H and O–H groups in total. The van der Waals surface area contributed by atoms with Gasteiger partial charge in [-0.2, -0.15) is 5.10 Å². The number of halogens is 1. The second-order valence-corrected chi connectivity index (χ2v) is 7.06. The van der Waals surface area contributed by atoms with Crippen molar-refractivity contribution in [1.82, 2.24) is 15.1 Å². The Morgan fingerprint density at radius 1 is 1.13 bits per heavy atom. The Kier molecular flexibility index (Phi) is 6.27. The molecule has 8 heteroatoms. The predicted molar refractivity (Wildman–Crippen MR) is 108 cm³/mol. The Labute approximate surface area is 172 Å². The summed E-state index contributed by atoms with van der Waals surface area (Å²) in [5, 5.41) is 26.1. The maximum Gasteiger partial charge on any atom is 0.334 e. The predicted octanol–water partition coefficient (Wildman–Crippen LogP) is 2.41. The summed E-state index contributed by atoms with van der Waals surface area (Å²) in [6, 6.07) is 13.4. The number of carbonyl (C=O) groups is 2. The van der Waals surface area contributed by atoms with E-state index < -0.39 is 29.8 Å². The SMILES string of the molecule is Cc1cc(C)n(-c2cc(C(=O)N[C@H](Cc3ccccc3)[C@@H](O)C(=O)O)ccc2F)n1. The molecule has 30 heavy (non-hydrogen) atoms. The molecule has 3 rings (SSSR count). The van der Waals surface area contributed by atoms with Gasteiger partial charge < -0.3 is 15.5 Å². The number of nitrogens with zero attached hydrogens (tertiary/aromatic N) is 2. The Balaban J connectivity index is 1.87. The molecule has 0 bridgehead atoms. The first-order valence-electron chi connectivity index (χ1n) is 9.35. The van der Waals surface area contributed by atoms with Crippen LogP contribution in [0.1, 0.15) is 27.3 Å². The summed E-state index contributed by atoms with van der Waals surface area (Å²) in [6.45, 7) is 3.55. The van der Waals surface area contributed by atoms with Crippen LogP contribution in [-0.2, 0) is 11.2 Å².